The first-order valence-electron chi connectivity index (χ1n) is 14.2. The molecule has 1 N–H and O–H groups in total. The lowest BCUT2D eigenvalue weighted by Crippen LogP contribution is -2.53. The molecule has 10 nitrogen and oxygen atoms in total. The van der Waals surface area contributed by atoms with Crippen LogP contribution in [-0.2, 0) is 32.6 Å². The number of benzene rings is 4. The predicted molar refractivity (Wildman–Crippen MR) is 172 cm³/mol. The molecule has 0 spiro atoms. The second-order valence-corrected chi connectivity index (χ2v) is 11.9. The Balaban J connectivity index is 1.82. The number of hydrogen-bond donors (Lipinski definition) is 1. The molecule has 0 radical (unpaired) electrons. The number of carbonyl (C=O) groups is 2. The molecule has 1 unspecified atom stereocenters. The number of nitrogens with zero attached hydrogens (tertiary/aromatic N) is 2. The van der Waals surface area contributed by atoms with Gasteiger partial charge >= 0.3 is 0 Å². The average Bonchev–Trinajstić information content (AvgIpc) is 3.08. The van der Waals surface area contributed by atoms with Gasteiger partial charge in [0.1, 0.15) is 18.3 Å². The summed E-state index contributed by atoms with van der Waals surface area (Å²) in [7, 11) is 1.71. The molecule has 0 aliphatic carbocycles. The van der Waals surface area contributed by atoms with Crippen LogP contribution in [0.3, 0.4) is 0 Å². The highest BCUT2D eigenvalue weighted by molar-refractivity contribution is 7.92. The van der Waals surface area contributed by atoms with Gasteiger partial charge in [-0.05, 0) is 47.5 Å². The van der Waals surface area contributed by atoms with E-state index in [2.05, 4.69) is 5.32 Å². The van der Waals surface area contributed by atoms with Crippen molar-refractivity contribution in [3.05, 3.63) is 114 Å². The van der Waals surface area contributed by atoms with Gasteiger partial charge in [-0.15, -0.1) is 0 Å². The molecule has 0 aliphatic rings. The van der Waals surface area contributed by atoms with E-state index in [1.165, 1.54) is 44.4 Å². The minimum atomic E-state index is -4.25. The number of carbonyl (C=O) groups excluding carboxylic acids is 2. The molecule has 0 aromatic heterocycles. The van der Waals surface area contributed by atoms with Crippen LogP contribution in [0.4, 0.5) is 5.69 Å². The molecule has 2 amide bonds. The maximum atomic E-state index is 14.4. The van der Waals surface area contributed by atoms with E-state index in [1.807, 2.05) is 36.4 Å². The van der Waals surface area contributed by atoms with Crippen molar-refractivity contribution in [3.8, 4) is 17.2 Å². The minimum Gasteiger partial charge on any atom is -0.497 e. The molecule has 4 aromatic carbocycles. The van der Waals surface area contributed by atoms with E-state index in [4.69, 9.17) is 14.2 Å². The Morgan fingerprint density at radius 2 is 1.40 bits per heavy atom. The summed E-state index contributed by atoms with van der Waals surface area (Å²) < 4.78 is 45.5. The van der Waals surface area contributed by atoms with Crippen molar-refractivity contribution in [2.24, 2.45) is 0 Å². The summed E-state index contributed by atoms with van der Waals surface area (Å²) in [5, 5.41) is 2.68. The number of nitrogens with one attached hydrogen (secondary N) is 1. The molecule has 4 aromatic rings. The van der Waals surface area contributed by atoms with Gasteiger partial charge in [0.25, 0.3) is 10.0 Å². The summed E-state index contributed by atoms with van der Waals surface area (Å²) in [6.07, 6.45) is 0.206. The van der Waals surface area contributed by atoms with Crippen LogP contribution in [0.1, 0.15) is 11.1 Å². The summed E-state index contributed by atoms with van der Waals surface area (Å²) >= 11 is 0. The maximum Gasteiger partial charge on any atom is 0.264 e. The van der Waals surface area contributed by atoms with Gasteiger partial charge in [-0.2, -0.15) is 0 Å². The van der Waals surface area contributed by atoms with Gasteiger partial charge in [-0.3, -0.25) is 13.9 Å². The third-order valence-electron chi connectivity index (χ3n) is 7.27. The fourth-order valence-electron chi connectivity index (χ4n) is 4.92. The molecule has 0 aliphatic heterocycles. The molecule has 0 heterocycles. The Bertz CT molecular complexity index is 1700. The molecule has 45 heavy (non-hydrogen) atoms. The molecule has 1 atom stereocenters. The van der Waals surface area contributed by atoms with Crippen molar-refractivity contribution in [1.29, 1.82) is 0 Å². The number of anilines is 1. The molecule has 236 valence electrons. The van der Waals surface area contributed by atoms with Crippen molar-refractivity contribution >= 4 is 27.5 Å². The lowest BCUT2D eigenvalue weighted by atomic mass is 10.0. The standard InChI is InChI=1S/C34H37N3O7S/c1-35-34(39)30(21-25-12-7-5-8-13-25)36(23-26-14-11-15-28(20-26)42-2)33(38)24-37(45(40,41)29-16-9-6-10-17-29)27-18-19-31(43-3)32(22-27)44-4/h5-20,22,30H,21,23-24H2,1-4H3,(H,35,39). The smallest absolute Gasteiger partial charge is 0.264 e. The minimum absolute atomic E-state index is 0.000863. The summed E-state index contributed by atoms with van der Waals surface area (Å²) in [5.74, 6) is 0.288. The average molecular weight is 632 g/mol. The van der Waals surface area contributed by atoms with Crippen LogP contribution in [-0.4, -0.2) is 66.1 Å². The Kier molecular flexibility index (Phi) is 11.0. The van der Waals surface area contributed by atoms with Gasteiger partial charge in [-0.1, -0.05) is 60.7 Å². The van der Waals surface area contributed by atoms with Crippen molar-refractivity contribution in [1.82, 2.24) is 10.2 Å². The van der Waals surface area contributed by atoms with Gasteiger partial charge in [0.15, 0.2) is 11.5 Å². The van der Waals surface area contributed by atoms with Crippen LogP contribution in [0.5, 0.6) is 17.2 Å². The Morgan fingerprint density at radius 3 is 2.02 bits per heavy atom. The zero-order chi connectivity index (χ0) is 32.4. The van der Waals surface area contributed by atoms with Crippen LogP contribution in [0.2, 0.25) is 0 Å². The Hall–Kier alpha value is -5.03. The molecule has 0 fully saturated rings. The quantitative estimate of drug-likeness (QED) is 0.221. The fourth-order valence-corrected chi connectivity index (χ4v) is 6.34. The van der Waals surface area contributed by atoms with Gasteiger partial charge in [0.05, 0.1) is 31.9 Å². The van der Waals surface area contributed by atoms with Crippen molar-refractivity contribution in [3.63, 3.8) is 0 Å². The van der Waals surface area contributed by atoms with Crippen LogP contribution in [0.15, 0.2) is 108 Å². The SMILES string of the molecule is CNC(=O)C(Cc1ccccc1)N(Cc1cccc(OC)c1)C(=O)CN(c1ccc(OC)c(OC)c1)S(=O)(=O)c1ccccc1. The Labute approximate surface area is 264 Å². The topological polar surface area (TPSA) is 114 Å². The summed E-state index contributed by atoms with van der Waals surface area (Å²) in [4.78, 5) is 29.3. The highest BCUT2D eigenvalue weighted by atomic mass is 32.2. The molecular weight excluding hydrogens is 594 g/mol. The maximum absolute atomic E-state index is 14.4. The van der Waals surface area contributed by atoms with E-state index < -0.39 is 34.4 Å². The first kappa shape index (κ1) is 32.9. The monoisotopic (exact) mass is 631 g/mol. The van der Waals surface area contributed by atoms with Crippen molar-refractivity contribution < 1.29 is 32.2 Å². The van der Waals surface area contributed by atoms with E-state index >= 15 is 0 Å². The highest BCUT2D eigenvalue weighted by Crippen LogP contribution is 2.34. The van der Waals surface area contributed by atoms with E-state index in [1.54, 1.807) is 55.6 Å². The Morgan fingerprint density at radius 1 is 0.756 bits per heavy atom. The van der Waals surface area contributed by atoms with Crippen LogP contribution < -0.4 is 23.8 Å². The van der Waals surface area contributed by atoms with E-state index in [9.17, 15) is 18.0 Å². The third kappa shape index (κ3) is 7.93. The third-order valence-corrected chi connectivity index (χ3v) is 9.06. The lowest BCUT2D eigenvalue weighted by Gasteiger charge is -2.33. The van der Waals surface area contributed by atoms with E-state index in [-0.39, 0.29) is 29.3 Å². The second-order valence-electron chi connectivity index (χ2n) is 10.1. The molecule has 0 bridgehead atoms. The molecule has 0 saturated carbocycles. The van der Waals surface area contributed by atoms with Crippen LogP contribution in [0, 0.1) is 0 Å². The van der Waals surface area contributed by atoms with Gasteiger partial charge in [0, 0.05) is 26.1 Å². The number of hydrogen-bond acceptors (Lipinski definition) is 7. The number of methoxy groups -OCH3 is 3. The molecule has 0 saturated heterocycles. The lowest BCUT2D eigenvalue weighted by molar-refractivity contribution is -0.139. The zero-order valence-electron chi connectivity index (χ0n) is 25.7. The highest BCUT2D eigenvalue weighted by Gasteiger charge is 2.34. The predicted octanol–water partition coefficient (Wildman–Crippen LogP) is 4.29. The first-order chi connectivity index (χ1) is 21.7. The number of rotatable bonds is 14. The summed E-state index contributed by atoms with van der Waals surface area (Å²) in [6, 6.07) is 28.0. The molecular formula is C34H37N3O7S. The van der Waals surface area contributed by atoms with Gasteiger partial charge < -0.3 is 24.4 Å². The van der Waals surface area contributed by atoms with Crippen molar-refractivity contribution in [2.45, 2.75) is 23.9 Å². The number of sulfonamides is 1. The molecule has 11 heteroatoms. The van der Waals surface area contributed by atoms with E-state index in [0.29, 0.717) is 17.1 Å². The zero-order valence-corrected chi connectivity index (χ0v) is 26.5. The summed E-state index contributed by atoms with van der Waals surface area (Å²) in [6.45, 7) is -0.578. The normalized spacial score (nSPS) is 11.6. The van der Waals surface area contributed by atoms with Gasteiger partial charge in [-0.25, -0.2) is 8.42 Å². The number of amides is 2. The first-order valence-corrected chi connectivity index (χ1v) is 15.6. The van der Waals surface area contributed by atoms with Crippen LogP contribution >= 0.6 is 0 Å². The molecule has 4 rings (SSSR count). The van der Waals surface area contributed by atoms with Crippen LogP contribution in [0.25, 0.3) is 0 Å². The van der Waals surface area contributed by atoms with E-state index in [0.717, 1.165) is 9.87 Å². The number of likely N-dealkylation sites (N-methyl/N-ethyl adjacent to an activating group) is 1. The largest absolute Gasteiger partial charge is 0.497 e. The van der Waals surface area contributed by atoms with Crippen molar-refractivity contribution in [2.75, 3.05) is 39.2 Å². The fraction of sp³-hybridized carbons (Fsp3) is 0.235. The number of ether oxygens (including phenoxy) is 3. The summed E-state index contributed by atoms with van der Waals surface area (Å²) in [5.41, 5.74) is 1.72. The van der Waals surface area contributed by atoms with Gasteiger partial charge in [0.2, 0.25) is 11.8 Å². The second kappa shape index (κ2) is 15.1.